The van der Waals surface area contributed by atoms with Crippen molar-refractivity contribution in [3.8, 4) is 0 Å². The fraction of sp³-hybridized carbons (Fsp3) is 0.444. The van der Waals surface area contributed by atoms with Crippen molar-refractivity contribution in [2.24, 2.45) is 0 Å². The zero-order valence-electron chi connectivity index (χ0n) is 12.3. The van der Waals surface area contributed by atoms with Gasteiger partial charge in [0.25, 0.3) is 0 Å². The molecule has 0 bridgehead atoms. The predicted octanol–water partition coefficient (Wildman–Crippen LogP) is 3.43. The van der Waals surface area contributed by atoms with Crippen molar-refractivity contribution in [3.63, 3.8) is 0 Å². The average Bonchev–Trinajstić information content (AvgIpc) is 3.24. The quantitative estimate of drug-likeness (QED) is 0.910. The Kier molecular flexibility index (Phi) is 3.80. The monoisotopic (exact) mass is 298 g/mol. The van der Waals surface area contributed by atoms with Gasteiger partial charge in [0.05, 0.1) is 0 Å². The van der Waals surface area contributed by atoms with Crippen LogP contribution in [0.15, 0.2) is 41.8 Å². The fourth-order valence-electron chi connectivity index (χ4n) is 3.32. The lowest BCUT2D eigenvalue weighted by Gasteiger charge is -2.31. The second-order valence-electron chi connectivity index (χ2n) is 6.29. The Balaban J connectivity index is 1.42. The highest BCUT2D eigenvalue weighted by atomic mass is 32.1. The Bertz CT molecular complexity index is 589. The first-order chi connectivity index (χ1) is 10.4. The van der Waals surface area contributed by atoms with Gasteiger partial charge in [0.2, 0.25) is 0 Å². The average molecular weight is 298 g/mol. The minimum absolute atomic E-state index is 0.598. The lowest BCUT2D eigenvalue weighted by molar-refractivity contribution is 0.220. The smallest absolute Gasteiger partial charge is 0.0331 e. The molecule has 2 aromatic rings. The number of thiophene rings is 1. The molecule has 3 heteroatoms. The van der Waals surface area contributed by atoms with Crippen LogP contribution in [0.25, 0.3) is 0 Å². The number of nitrogens with one attached hydrogen (secondary N) is 1. The van der Waals surface area contributed by atoms with Gasteiger partial charge in [-0.1, -0.05) is 30.3 Å². The van der Waals surface area contributed by atoms with E-state index in [1.807, 2.05) is 11.3 Å². The molecule has 0 spiro atoms. The Morgan fingerprint density at radius 2 is 1.95 bits per heavy atom. The standard InChI is InChI=1S/C18H22N2S/c1-2-5-15-11-19-16(10-14(15)4-1)12-20(17-7-8-17)13-18-6-3-9-21-18/h1-6,9,16-17,19H,7-8,10-13H2. The molecule has 1 fully saturated rings. The first kappa shape index (κ1) is 13.5. The van der Waals surface area contributed by atoms with E-state index in [1.54, 1.807) is 0 Å². The van der Waals surface area contributed by atoms with E-state index in [0.717, 1.165) is 19.1 Å². The maximum absolute atomic E-state index is 3.73. The molecule has 0 saturated heterocycles. The van der Waals surface area contributed by atoms with E-state index < -0.39 is 0 Å². The van der Waals surface area contributed by atoms with Gasteiger partial charge in [-0.15, -0.1) is 11.3 Å². The van der Waals surface area contributed by atoms with E-state index in [2.05, 4.69) is 52.0 Å². The molecule has 1 aromatic heterocycles. The van der Waals surface area contributed by atoms with Crippen LogP contribution >= 0.6 is 11.3 Å². The third kappa shape index (κ3) is 3.20. The van der Waals surface area contributed by atoms with Gasteiger partial charge in [-0.3, -0.25) is 4.90 Å². The number of hydrogen-bond acceptors (Lipinski definition) is 3. The zero-order chi connectivity index (χ0) is 14.1. The van der Waals surface area contributed by atoms with Crippen LogP contribution in [0.3, 0.4) is 0 Å². The van der Waals surface area contributed by atoms with E-state index in [4.69, 9.17) is 0 Å². The van der Waals surface area contributed by atoms with Crippen LogP contribution < -0.4 is 5.32 Å². The number of fused-ring (bicyclic) bond motifs is 1. The first-order valence-electron chi connectivity index (χ1n) is 7.95. The zero-order valence-corrected chi connectivity index (χ0v) is 13.1. The van der Waals surface area contributed by atoms with E-state index in [9.17, 15) is 0 Å². The molecule has 0 amide bonds. The summed E-state index contributed by atoms with van der Waals surface area (Å²) in [7, 11) is 0. The summed E-state index contributed by atoms with van der Waals surface area (Å²) in [5.74, 6) is 0. The van der Waals surface area contributed by atoms with Gasteiger partial charge in [0, 0.05) is 36.6 Å². The maximum atomic E-state index is 3.73. The molecule has 110 valence electrons. The molecule has 1 N–H and O–H groups in total. The normalized spacial score (nSPS) is 21.5. The van der Waals surface area contributed by atoms with E-state index >= 15 is 0 Å². The molecule has 2 heterocycles. The van der Waals surface area contributed by atoms with Crippen molar-refractivity contribution in [1.82, 2.24) is 10.2 Å². The van der Waals surface area contributed by atoms with Crippen molar-refractivity contribution in [2.45, 2.75) is 44.4 Å². The van der Waals surface area contributed by atoms with Crippen molar-refractivity contribution in [1.29, 1.82) is 0 Å². The summed E-state index contributed by atoms with van der Waals surface area (Å²) in [6.07, 6.45) is 3.94. The minimum atomic E-state index is 0.598. The van der Waals surface area contributed by atoms with E-state index in [1.165, 1.54) is 41.8 Å². The van der Waals surface area contributed by atoms with Crippen molar-refractivity contribution < 1.29 is 0 Å². The van der Waals surface area contributed by atoms with Gasteiger partial charge >= 0.3 is 0 Å². The Morgan fingerprint density at radius 3 is 2.71 bits per heavy atom. The van der Waals surface area contributed by atoms with Crippen molar-refractivity contribution >= 4 is 11.3 Å². The Hall–Kier alpha value is -1.16. The van der Waals surface area contributed by atoms with Gasteiger partial charge in [-0.05, 0) is 41.8 Å². The molecule has 1 aliphatic carbocycles. The largest absolute Gasteiger partial charge is 0.308 e. The summed E-state index contributed by atoms with van der Waals surface area (Å²) in [5, 5.41) is 5.92. The van der Waals surface area contributed by atoms with E-state index in [-0.39, 0.29) is 0 Å². The summed E-state index contributed by atoms with van der Waals surface area (Å²) in [6.45, 7) is 3.33. The molecule has 1 atom stereocenters. The van der Waals surface area contributed by atoms with Crippen LogP contribution in [0.1, 0.15) is 28.8 Å². The summed E-state index contributed by atoms with van der Waals surface area (Å²) < 4.78 is 0. The molecule has 0 radical (unpaired) electrons. The third-order valence-corrected chi connectivity index (χ3v) is 5.48. The van der Waals surface area contributed by atoms with Crippen LogP contribution in [0.2, 0.25) is 0 Å². The topological polar surface area (TPSA) is 15.3 Å². The molecular formula is C18H22N2S. The van der Waals surface area contributed by atoms with Crippen LogP contribution in [-0.2, 0) is 19.5 Å². The van der Waals surface area contributed by atoms with Gasteiger partial charge in [-0.25, -0.2) is 0 Å². The summed E-state index contributed by atoms with van der Waals surface area (Å²) in [4.78, 5) is 4.19. The van der Waals surface area contributed by atoms with Crippen LogP contribution in [0, 0.1) is 0 Å². The third-order valence-electron chi connectivity index (χ3n) is 4.62. The van der Waals surface area contributed by atoms with Crippen LogP contribution in [0.5, 0.6) is 0 Å². The Labute approximate surface area is 130 Å². The lowest BCUT2D eigenvalue weighted by atomic mass is 9.95. The summed E-state index contributed by atoms with van der Waals surface area (Å²) >= 11 is 1.88. The number of nitrogens with zero attached hydrogens (tertiary/aromatic N) is 1. The molecule has 21 heavy (non-hydrogen) atoms. The molecule has 4 rings (SSSR count). The van der Waals surface area contributed by atoms with Crippen molar-refractivity contribution in [3.05, 3.63) is 57.8 Å². The summed E-state index contributed by atoms with van der Waals surface area (Å²) in [5.41, 5.74) is 3.01. The van der Waals surface area contributed by atoms with Gasteiger partial charge < -0.3 is 5.32 Å². The first-order valence-corrected chi connectivity index (χ1v) is 8.83. The highest BCUT2D eigenvalue weighted by molar-refractivity contribution is 7.09. The highest BCUT2D eigenvalue weighted by Gasteiger charge is 2.31. The van der Waals surface area contributed by atoms with Gasteiger partial charge in [0.1, 0.15) is 0 Å². The second kappa shape index (κ2) is 5.91. The van der Waals surface area contributed by atoms with Crippen LogP contribution in [0.4, 0.5) is 0 Å². The predicted molar refractivity (Wildman–Crippen MR) is 88.5 cm³/mol. The van der Waals surface area contributed by atoms with Gasteiger partial charge in [0.15, 0.2) is 0 Å². The fourth-order valence-corrected chi connectivity index (χ4v) is 4.05. The molecular weight excluding hydrogens is 276 g/mol. The molecule has 1 aromatic carbocycles. The van der Waals surface area contributed by atoms with Crippen molar-refractivity contribution in [2.75, 3.05) is 6.54 Å². The van der Waals surface area contributed by atoms with E-state index in [0.29, 0.717) is 6.04 Å². The highest BCUT2D eigenvalue weighted by Crippen LogP contribution is 2.30. The second-order valence-corrected chi connectivity index (χ2v) is 7.32. The molecule has 1 aliphatic heterocycles. The summed E-state index contributed by atoms with van der Waals surface area (Å²) in [6, 6.07) is 14.7. The number of hydrogen-bond donors (Lipinski definition) is 1. The molecule has 1 saturated carbocycles. The molecule has 2 aliphatic rings. The minimum Gasteiger partial charge on any atom is -0.308 e. The maximum Gasteiger partial charge on any atom is 0.0331 e. The lowest BCUT2D eigenvalue weighted by Crippen LogP contribution is -2.45. The number of rotatable bonds is 5. The Morgan fingerprint density at radius 1 is 1.10 bits per heavy atom. The van der Waals surface area contributed by atoms with Crippen LogP contribution in [-0.4, -0.2) is 23.5 Å². The van der Waals surface area contributed by atoms with Gasteiger partial charge in [-0.2, -0.15) is 0 Å². The number of benzene rings is 1. The molecule has 1 unspecified atom stereocenters. The molecule has 2 nitrogen and oxygen atoms in total. The SMILES string of the molecule is c1csc(CN(CC2Cc3ccccc3CN2)C2CC2)c1.